The average molecular weight is 269 g/mol. The number of para-hydroxylation sites is 1. The zero-order chi connectivity index (χ0) is 13.1. The smallest absolute Gasteiger partial charge is 0.256 e. The highest BCUT2D eigenvalue weighted by molar-refractivity contribution is 6.33. The number of anilines is 1. The van der Waals surface area contributed by atoms with Gasteiger partial charge in [-0.2, -0.15) is 0 Å². The van der Waals surface area contributed by atoms with Crippen molar-refractivity contribution in [2.75, 3.05) is 25.4 Å². The number of amides is 1. The van der Waals surface area contributed by atoms with Crippen LogP contribution in [0.2, 0.25) is 5.02 Å². The summed E-state index contributed by atoms with van der Waals surface area (Å²) in [7, 11) is 0. The highest BCUT2D eigenvalue weighted by atomic mass is 35.5. The molecule has 1 unspecified atom stereocenters. The average Bonchev–Trinajstić information content (AvgIpc) is 2.41. The van der Waals surface area contributed by atoms with E-state index in [9.17, 15) is 9.90 Å². The van der Waals surface area contributed by atoms with Crippen molar-refractivity contribution in [3.8, 4) is 0 Å². The Hall–Kier alpha value is -1.26. The zero-order valence-electron chi connectivity index (χ0n) is 10.1. The van der Waals surface area contributed by atoms with E-state index in [1.807, 2.05) is 0 Å². The maximum absolute atomic E-state index is 12.3. The molecule has 1 amide bonds. The van der Waals surface area contributed by atoms with Gasteiger partial charge in [0.25, 0.3) is 5.91 Å². The lowest BCUT2D eigenvalue weighted by Gasteiger charge is -2.32. The van der Waals surface area contributed by atoms with Gasteiger partial charge in [0.1, 0.15) is 0 Å². The summed E-state index contributed by atoms with van der Waals surface area (Å²) in [5.74, 6) is 0.0660. The maximum atomic E-state index is 12.3. The molecule has 1 saturated heterocycles. The normalized spacial score (nSPS) is 19.9. The number of likely N-dealkylation sites (tertiary alicyclic amines) is 1. The van der Waals surface area contributed by atoms with Crippen molar-refractivity contribution < 1.29 is 9.90 Å². The SMILES string of the molecule is Nc1c(Cl)cccc1C(=O)N1CCCC(CO)C1. The Morgan fingerprint density at radius 2 is 2.33 bits per heavy atom. The van der Waals surface area contributed by atoms with E-state index in [0.29, 0.717) is 29.4 Å². The van der Waals surface area contributed by atoms with Crippen LogP contribution in [0.15, 0.2) is 18.2 Å². The van der Waals surface area contributed by atoms with Crippen molar-refractivity contribution in [2.24, 2.45) is 5.92 Å². The molecule has 1 fully saturated rings. The Morgan fingerprint density at radius 1 is 1.56 bits per heavy atom. The first-order chi connectivity index (χ1) is 8.63. The number of rotatable bonds is 2. The Kier molecular flexibility index (Phi) is 4.09. The molecule has 1 aromatic rings. The third kappa shape index (κ3) is 2.60. The van der Waals surface area contributed by atoms with Gasteiger partial charge in [0.05, 0.1) is 16.3 Å². The molecule has 4 nitrogen and oxygen atoms in total. The standard InChI is InChI=1S/C13H17ClN2O2/c14-11-5-1-4-10(12(11)15)13(18)16-6-2-3-9(7-16)8-17/h1,4-5,9,17H,2-3,6-8,15H2. The molecule has 98 valence electrons. The fraction of sp³-hybridized carbons (Fsp3) is 0.462. The van der Waals surface area contributed by atoms with Crippen LogP contribution in [-0.4, -0.2) is 35.6 Å². The fourth-order valence-corrected chi connectivity index (χ4v) is 2.47. The van der Waals surface area contributed by atoms with Gasteiger partial charge in [0.15, 0.2) is 0 Å². The number of carbonyl (C=O) groups is 1. The van der Waals surface area contributed by atoms with E-state index in [-0.39, 0.29) is 18.4 Å². The van der Waals surface area contributed by atoms with Crippen LogP contribution >= 0.6 is 11.6 Å². The zero-order valence-corrected chi connectivity index (χ0v) is 10.9. The lowest BCUT2D eigenvalue weighted by molar-refractivity contribution is 0.0622. The second-order valence-electron chi connectivity index (χ2n) is 4.64. The number of halogens is 1. The molecule has 18 heavy (non-hydrogen) atoms. The van der Waals surface area contributed by atoms with Crippen molar-refractivity contribution in [1.82, 2.24) is 4.90 Å². The van der Waals surface area contributed by atoms with Crippen LogP contribution in [-0.2, 0) is 0 Å². The minimum absolute atomic E-state index is 0.104. The van der Waals surface area contributed by atoms with E-state index >= 15 is 0 Å². The van der Waals surface area contributed by atoms with E-state index in [2.05, 4.69) is 0 Å². The molecule has 0 aliphatic carbocycles. The Balaban J connectivity index is 2.18. The Labute approximate surface area is 111 Å². The summed E-state index contributed by atoms with van der Waals surface area (Å²) in [6.07, 6.45) is 1.88. The largest absolute Gasteiger partial charge is 0.397 e. The van der Waals surface area contributed by atoms with Gasteiger partial charge in [-0.15, -0.1) is 0 Å². The first-order valence-electron chi connectivity index (χ1n) is 6.07. The topological polar surface area (TPSA) is 66.6 Å². The summed E-state index contributed by atoms with van der Waals surface area (Å²) in [5.41, 5.74) is 6.60. The predicted molar refractivity (Wildman–Crippen MR) is 71.6 cm³/mol. The molecule has 1 aliphatic heterocycles. The number of nitrogens with two attached hydrogens (primary N) is 1. The molecule has 1 heterocycles. The summed E-state index contributed by atoms with van der Waals surface area (Å²) < 4.78 is 0. The van der Waals surface area contributed by atoms with Crippen LogP contribution in [0.5, 0.6) is 0 Å². The van der Waals surface area contributed by atoms with Crippen LogP contribution in [0, 0.1) is 5.92 Å². The quantitative estimate of drug-likeness (QED) is 0.804. The van der Waals surface area contributed by atoms with Crippen LogP contribution in [0.25, 0.3) is 0 Å². The monoisotopic (exact) mass is 268 g/mol. The molecule has 0 bridgehead atoms. The van der Waals surface area contributed by atoms with Crippen LogP contribution < -0.4 is 5.73 Å². The van der Waals surface area contributed by atoms with Crippen molar-refractivity contribution in [3.05, 3.63) is 28.8 Å². The number of carbonyl (C=O) groups excluding carboxylic acids is 1. The van der Waals surface area contributed by atoms with Gasteiger partial charge in [-0.25, -0.2) is 0 Å². The summed E-state index contributed by atoms with van der Waals surface area (Å²) in [4.78, 5) is 14.1. The molecule has 1 atom stereocenters. The first kappa shape index (κ1) is 13.2. The first-order valence-corrected chi connectivity index (χ1v) is 6.45. The number of benzene rings is 1. The molecule has 0 saturated carbocycles. The lowest BCUT2D eigenvalue weighted by Crippen LogP contribution is -2.41. The molecular weight excluding hydrogens is 252 g/mol. The van der Waals surface area contributed by atoms with E-state index < -0.39 is 0 Å². The molecular formula is C13H17ClN2O2. The van der Waals surface area contributed by atoms with E-state index in [4.69, 9.17) is 17.3 Å². The van der Waals surface area contributed by atoms with Gasteiger partial charge in [0, 0.05) is 19.7 Å². The third-order valence-electron chi connectivity index (χ3n) is 3.35. The molecule has 1 aliphatic rings. The minimum Gasteiger partial charge on any atom is -0.397 e. The van der Waals surface area contributed by atoms with Crippen molar-refractivity contribution in [3.63, 3.8) is 0 Å². The molecule has 0 radical (unpaired) electrons. The lowest BCUT2D eigenvalue weighted by atomic mass is 9.98. The summed E-state index contributed by atoms with van der Waals surface area (Å²) in [6.45, 7) is 1.41. The van der Waals surface area contributed by atoms with Crippen LogP contribution in [0.4, 0.5) is 5.69 Å². The number of piperidine rings is 1. The molecule has 0 spiro atoms. The van der Waals surface area contributed by atoms with Gasteiger partial charge >= 0.3 is 0 Å². The van der Waals surface area contributed by atoms with Gasteiger partial charge in [-0.3, -0.25) is 4.79 Å². The summed E-state index contributed by atoms with van der Waals surface area (Å²) in [5, 5.41) is 9.58. The number of hydrogen-bond donors (Lipinski definition) is 2. The van der Waals surface area contributed by atoms with Crippen molar-refractivity contribution in [2.45, 2.75) is 12.8 Å². The fourth-order valence-electron chi connectivity index (χ4n) is 2.29. The van der Waals surface area contributed by atoms with Gasteiger partial charge in [0.2, 0.25) is 0 Å². The maximum Gasteiger partial charge on any atom is 0.256 e. The van der Waals surface area contributed by atoms with Gasteiger partial charge in [-0.05, 0) is 30.9 Å². The van der Waals surface area contributed by atoms with E-state index in [1.54, 1.807) is 23.1 Å². The van der Waals surface area contributed by atoms with Crippen LogP contribution in [0.3, 0.4) is 0 Å². The molecule has 5 heteroatoms. The predicted octanol–water partition coefficient (Wildman–Crippen LogP) is 1.77. The van der Waals surface area contributed by atoms with Crippen molar-refractivity contribution >= 4 is 23.2 Å². The Bertz CT molecular complexity index is 451. The molecule has 1 aromatic carbocycles. The van der Waals surface area contributed by atoms with Gasteiger partial charge in [-0.1, -0.05) is 17.7 Å². The summed E-state index contributed by atoms with van der Waals surface area (Å²) >= 11 is 5.92. The van der Waals surface area contributed by atoms with Gasteiger partial charge < -0.3 is 15.7 Å². The minimum atomic E-state index is -0.104. The molecule has 0 aromatic heterocycles. The number of hydrogen-bond acceptors (Lipinski definition) is 3. The Morgan fingerprint density at radius 3 is 3.06 bits per heavy atom. The molecule has 3 N–H and O–H groups in total. The number of nitrogens with zero attached hydrogens (tertiary/aromatic N) is 1. The van der Waals surface area contributed by atoms with E-state index in [1.165, 1.54) is 0 Å². The third-order valence-corrected chi connectivity index (χ3v) is 3.68. The number of nitrogen functional groups attached to an aromatic ring is 1. The number of aliphatic hydroxyl groups is 1. The van der Waals surface area contributed by atoms with E-state index in [0.717, 1.165) is 12.8 Å². The second-order valence-corrected chi connectivity index (χ2v) is 5.05. The summed E-state index contributed by atoms with van der Waals surface area (Å²) in [6, 6.07) is 5.08. The molecule has 2 rings (SSSR count). The second kappa shape index (κ2) is 5.59. The van der Waals surface area contributed by atoms with Crippen molar-refractivity contribution in [1.29, 1.82) is 0 Å². The van der Waals surface area contributed by atoms with Crippen LogP contribution in [0.1, 0.15) is 23.2 Å². The number of aliphatic hydroxyl groups excluding tert-OH is 1. The highest BCUT2D eigenvalue weighted by Crippen LogP contribution is 2.25. The highest BCUT2D eigenvalue weighted by Gasteiger charge is 2.25.